The summed E-state index contributed by atoms with van der Waals surface area (Å²) in [5, 5.41) is 2.81. The van der Waals surface area contributed by atoms with Gasteiger partial charge in [0, 0.05) is 20.3 Å². The number of carbonyl (C=O) groups is 1. The molecule has 1 fully saturated rings. The summed E-state index contributed by atoms with van der Waals surface area (Å²) >= 11 is 0. The molecular formula is C12H23NO3. The number of ether oxygens (including phenoxy) is 2. The first-order valence-corrected chi connectivity index (χ1v) is 6.20. The van der Waals surface area contributed by atoms with Gasteiger partial charge in [-0.2, -0.15) is 0 Å². The fourth-order valence-corrected chi connectivity index (χ4v) is 1.92. The molecule has 4 nitrogen and oxygen atoms in total. The summed E-state index contributed by atoms with van der Waals surface area (Å²) in [5.41, 5.74) is 0. The lowest BCUT2D eigenvalue weighted by Gasteiger charge is -2.21. The van der Waals surface area contributed by atoms with E-state index in [1.807, 2.05) is 0 Å². The molecule has 0 aliphatic heterocycles. The smallest absolute Gasteiger partial charge is 0.246 e. The van der Waals surface area contributed by atoms with Gasteiger partial charge in [-0.25, -0.2) is 0 Å². The molecule has 1 rings (SSSR count). The van der Waals surface area contributed by atoms with Crippen LogP contribution in [0.3, 0.4) is 0 Å². The highest BCUT2D eigenvalue weighted by Crippen LogP contribution is 2.19. The number of methoxy groups -OCH3 is 1. The summed E-state index contributed by atoms with van der Waals surface area (Å²) in [4.78, 5) is 11.4. The highest BCUT2D eigenvalue weighted by atomic mass is 16.5. The lowest BCUT2D eigenvalue weighted by Crippen LogP contribution is -2.31. The number of carbonyl (C=O) groups excluding carboxylic acids is 1. The second kappa shape index (κ2) is 8.53. The minimum absolute atomic E-state index is 0.0123. The molecule has 0 aromatic carbocycles. The number of hydrogen-bond donors (Lipinski definition) is 1. The van der Waals surface area contributed by atoms with Crippen molar-refractivity contribution in [1.29, 1.82) is 0 Å². The van der Waals surface area contributed by atoms with E-state index in [1.54, 1.807) is 7.11 Å². The zero-order chi connectivity index (χ0) is 11.6. The molecule has 16 heavy (non-hydrogen) atoms. The summed E-state index contributed by atoms with van der Waals surface area (Å²) in [6.45, 7) is 1.56. The monoisotopic (exact) mass is 229 g/mol. The van der Waals surface area contributed by atoms with Crippen LogP contribution in [0.15, 0.2) is 0 Å². The number of nitrogens with one attached hydrogen (secondary N) is 1. The number of hydrogen-bond acceptors (Lipinski definition) is 3. The third-order valence-electron chi connectivity index (χ3n) is 2.85. The van der Waals surface area contributed by atoms with Gasteiger partial charge in [0.15, 0.2) is 0 Å². The third kappa shape index (κ3) is 6.08. The topological polar surface area (TPSA) is 47.6 Å². The second-order valence-electron chi connectivity index (χ2n) is 4.27. The number of rotatable bonds is 7. The fourth-order valence-electron chi connectivity index (χ4n) is 1.92. The summed E-state index contributed by atoms with van der Waals surface area (Å²) in [5.74, 6) is -0.0123. The molecule has 1 N–H and O–H groups in total. The van der Waals surface area contributed by atoms with Gasteiger partial charge in [0.2, 0.25) is 5.91 Å². The normalized spacial score (nSPS) is 17.3. The Hall–Kier alpha value is -0.610. The van der Waals surface area contributed by atoms with Gasteiger partial charge in [-0.3, -0.25) is 4.79 Å². The minimum Gasteiger partial charge on any atom is -0.385 e. The Kier molecular flexibility index (Phi) is 7.17. The van der Waals surface area contributed by atoms with E-state index in [9.17, 15) is 4.79 Å². The van der Waals surface area contributed by atoms with Gasteiger partial charge < -0.3 is 14.8 Å². The van der Waals surface area contributed by atoms with Crippen molar-refractivity contribution in [2.75, 3.05) is 26.9 Å². The largest absolute Gasteiger partial charge is 0.385 e. The van der Waals surface area contributed by atoms with Crippen LogP contribution in [0.4, 0.5) is 0 Å². The zero-order valence-electron chi connectivity index (χ0n) is 10.2. The molecule has 0 aromatic rings. The van der Waals surface area contributed by atoms with Crippen LogP contribution in [0.2, 0.25) is 0 Å². The Balaban J connectivity index is 1.96. The summed E-state index contributed by atoms with van der Waals surface area (Å²) in [7, 11) is 1.66. The zero-order valence-corrected chi connectivity index (χ0v) is 10.2. The highest BCUT2D eigenvalue weighted by molar-refractivity contribution is 5.77. The van der Waals surface area contributed by atoms with E-state index in [2.05, 4.69) is 5.32 Å². The lowest BCUT2D eigenvalue weighted by atomic mass is 9.98. The molecule has 0 aromatic heterocycles. The van der Waals surface area contributed by atoms with E-state index in [4.69, 9.17) is 9.47 Å². The molecule has 1 aliphatic rings. The summed E-state index contributed by atoms with van der Waals surface area (Å²) in [6, 6.07) is 0. The predicted molar refractivity (Wildman–Crippen MR) is 62.3 cm³/mol. The Bertz CT molecular complexity index is 191. The molecule has 0 radical (unpaired) electrons. The van der Waals surface area contributed by atoms with Gasteiger partial charge in [-0.1, -0.05) is 19.3 Å². The fraction of sp³-hybridized carbons (Fsp3) is 0.917. The van der Waals surface area contributed by atoms with Gasteiger partial charge in [0.1, 0.15) is 6.61 Å². The van der Waals surface area contributed by atoms with E-state index >= 15 is 0 Å². The molecular weight excluding hydrogens is 206 g/mol. The van der Waals surface area contributed by atoms with Crippen LogP contribution in [0, 0.1) is 0 Å². The van der Waals surface area contributed by atoms with Gasteiger partial charge in [0.05, 0.1) is 6.10 Å². The van der Waals surface area contributed by atoms with E-state index in [0.717, 1.165) is 19.3 Å². The molecule has 94 valence electrons. The SMILES string of the molecule is COCCCNC(=O)COC1CCCCC1. The van der Waals surface area contributed by atoms with Crippen molar-refractivity contribution in [2.45, 2.75) is 44.6 Å². The first-order valence-electron chi connectivity index (χ1n) is 6.20. The van der Waals surface area contributed by atoms with Crippen LogP contribution in [-0.2, 0) is 14.3 Å². The molecule has 4 heteroatoms. The molecule has 0 saturated heterocycles. The van der Waals surface area contributed by atoms with Crippen molar-refractivity contribution in [3.05, 3.63) is 0 Å². The maximum absolute atomic E-state index is 11.4. The van der Waals surface area contributed by atoms with E-state index in [-0.39, 0.29) is 12.5 Å². The summed E-state index contributed by atoms with van der Waals surface area (Å²) in [6.07, 6.45) is 7.15. The first kappa shape index (κ1) is 13.5. The van der Waals surface area contributed by atoms with Crippen LogP contribution < -0.4 is 5.32 Å². The van der Waals surface area contributed by atoms with Crippen LogP contribution in [-0.4, -0.2) is 38.9 Å². The van der Waals surface area contributed by atoms with Crippen LogP contribution in [0.1, 0.15) is 38.5 Å². The predicted octanol–water partition coefficient (Wildman–Crippen LogP) is 1.49. The maximum Gasteiger partial charge on any atom is 0.246 e. The first-order chi connectivity index (χ1) is 7.83. The van der Waals surface area contributed by atoms with E-state index in [1.165, 1.54) is 19.3 Å². The molecule has 1 aliphatic carbocycles. The molecule has 0 unspecified atom stereocenters. The van der Waals surface area contributed by atoms with Gasteiger partial charge >= 0.3 is 0 Å². The maximum atomic E-state index is 11.4. The molecule has 1 saturated carbocycles. The average molecular weight is 229 g/mol. The second-order valence-corrected chi connectivity index (χ2v) is 4.27. The Morgan fingerprint density at radius 3 is 2.75 bits per heavy atom. The third-order valence-corrected chi connectivity index (χ3v) is 2.85. The van der Waals surface area contributed by atoms with Crippen molar-refractivity contribution in [3.63, 3.8) is 0 Å². The Morgan fingerprint density at radius 2 is 2.06 bits per heavy atom. The average Bonchev–Trinajstić information content (AvgIpc) is 2.33. The molecule has 1 amide bonds. The molecule has 0 heterocycles. The molecule has 0 bridgehead atoms. The van der Waals surface area contributed by atoms with Crippen LogP contribution in [0.25, 0.3) is 0 Å². The number of amides is 1. The highest BCUT2D eigenvalue weighted by Gasteiger charge is 2.14. The van der Waals surface area contributed by atoms with Gasteiger partial charge in [-0.15, -0.1) is 0 Å². The van der Waals surface area contributed by atoms with E-state index in [0.29, 0.717) is 19.3 Å². The van der Waals surface area contributed by atoms with Crippen molar-refractivity contribution in [3.8, 4) is 0 Å². The van der Waals surface area contributed by atoms with Gasteiger partial charge in [-0.05, 0) is 19.3 Å². The summed E-state index contributed by atoms with van der Waals surface area (Å²) < 4.78 is 10.5. The molecule has 0 atom stereocenters. The minimum atomic E-state index is -0.0123. The van der Waals surface area contributed by atoms with Crippen molar-refractivity contribution in [1.82, 2.24) is 5.32 Å². The lowest BCUT2D eigenvalue weighted by molar-refractivity contribution is -0.128. The van der Waals surface area contributed by atoms with Gasteiger partial charge in [0.25, 0.3) is 0 Å². The van der Waals surface area contributed by atoms with Crippen LogP contribution >= 0.6 is 0 Å². The standard InChI is InChI=1S/C12H23NO3/c1-15-9-5-8-13-12(14)10-16-11-6-3-2-4-7-11/h11H,2-10H2,1H3,(H,13,14). The van der Waals surface area contributed by atoms with E-state index < -0.39 is 0 Å². The van der Waals surface area contributed by atoms with Crippen molar-refractivity contribution in [2.24, 2.45) is 0 Å². The van der Waals surface area contributed by atoms with Crippen molar-refractivity contribution < 1.29 is 14.3 Å². The Labute approximate surface area is 97.7 Å². The van der Waals surface area contributed by atoms with Crippen LogP contribution in [0.5, 0.6) is 0 Å². The van der Waals surface area contributed by atoms with Crippen molar-refractivity contribution >= 4 is 5.91 Å². The quantitative estimate of drug-likeness (QED) is 0.673. The molecule has 0 spiro atoms. The Morgan fingerprint density at radius 1 is 1.31 bits per heavy atom.